The fourth-order valence-electron chi connectivity index (χ4n) is 3.12. The molecule has 29 heavy (non-hydrogen) atoms. The third-order valence-corrected chi connectivity index (χ3v) is 4.62. The van der Waals surface area contributed by atoms with E-state index in [0.29, 0.717) is 23.3 Å². The molecule has 0 fully saturated rings. The van der Waals surface area contributed by atoms with Crippen LogP contribution in [0.3, 0.4) is 0 Å². The average molecular weight is 391 g/mol. The molecule has 0 aromatic heterocycles. The number of carbonyl (C=O) groups excluding carboxylic acids is 2. The lowest BCUT2D eigenvalue weighted by atomic mass is 9.97. The normalized spacial score (nSPS) is 11.5. The Labute approximate surface area is 169 Å². The van der Waals surface area contributed by atoms with E-state index in [1.165, 1.54) is 25.3 Å². The van der Waals surface area contributed by atoms with Crippen LogP contribution in [0.1, 0.15) is 21.5 Å². The SMILES string of the molecule is COc1ccc(F)cc1CC(=O)C(Cc1ccccc1)NC(=O)c1ccccc1. The van der Waals surface area contributed by atoms with Gasteiger partial charge in [-0.05, 0) is 42.3 Å². The van der Waals surface area contributed by atoms with Gasteiger partial charge in [0.2, 0.25) is 0 Å². The number of methoxy groups -OCH3 is 1. The van der Waals surface area contributed by atoms with Gasteiger partial charge in [-0.25, -0.2) is 4.39 Å². The summed E-state index contributed by atoms with van der Waals surface area (Å²) in [6.07, 6.45) is 0.295. The molecule has 0 saturated carbocycles. The van der Waals surface area contributed by atoms with Gasteiger partial charge < -0.3 is 10.1 Å². The van der Waals surface area contributed by atoms with Crippen LogP contribution < -0.4 is 10.1 Å². The summed E-state index contributed by atoms with van der Waals surface area (Å²) in [6, 6.07) is 21.5. The molecule has 3 rings (SSSR count). The highest BCUT2D eigenvalue weighted by Crippen LogP contribution is 2.21. The molecule has 0 radical (unpaired) electrons. The number of ether oxygens (including phenoxy) is 1. The standard InChI is InChI=1S/C24H22FNO3/c1-29-23-13-12-20(25)15-19(23)16-22(27)21(14-17-8-4-2-5-9-17)26-24(28)18-10-6-3-7-11-18/h2-13,15,21H,14,16H2,1H3,(H,26,28). The monoisotopic (exact) mass is 391 g/mol. The second-order valence-corrected chi connectivity index (χ2v) is 6.68. The summed E-state index contributed by atoms with van der Waals surface area (Å²) in [6.45, 7) is 0. The maximum absolute atomic E-state index is 13.7. The molecule has 0 aliphatic heterocycles. The fraction of sp³-hybridized carbons (Fsp3) is 0.167. The Kier molecular flexibility index (Phi) is 6.74. The van der Waals surface area contributed by atoms with E-state index in [4.69, 9.17) is 4.74 Å². The molecule has 0 aliphatic rings. The maximum Gasteiger partial charge on any atom is 0.251 e. The summed E-state index contributed by atoms with van der Waals surface area (Å²) < 4.78 is 18.9. The zero-order valence-corrected chi connectivity index (χ0v) is 16.1. The molecule has 148 valence electrons. The first kappa shape index (κ1) is 20.3. The van der Waals surface area contributed by atoms with Crippen molar-refractivity contribution in [2.45, 2.75) is 18.9 Å². The number of rotatable bonds is 8. The van der Waals surface area contributed by atoms with Gasteiger partial charge in [0.15, 0.2) is 5.78 Å². The van der Waals surface area contributed by atoms with Crippen molar-refractivity contribution >= 4 is 11.7 Å². The molecule has 1 unspecified atom stereocenters. The number of carbonyl (C=O) groups is 2. The molecule has 4 nitrogen and oxygen atoms in total. The van der Waals surface area contributed by atoms with E-state index in [1.54, 1.807) is 24.3 Å². The van der Waals surface area contributed by atoms with E-state index in [9.17, 15) is 14.0 Å². The van der Waals surface area contributed by atoms with Crippen molar-refractivity contribution < 1.29 is 18.7 Å². The van der Waals surface area contributed by atoms with E-state index in [1.807, 2.05) is 36.4 Å². The van der Waals surface area contributed by atoms with E-state index in [-0.39, 0.29) is 18.1 Å². The third-order valence-electron chi connectivity index (χ3n) is 4.62. The minimum Gasteiger partial charge on any atom is -0.496 e. The smallest absolute Gasteiger partial charge is 0.251 e. The van der Waals surface area contributed by atoms with Crippen LogP contribution in [0.25, 0.3) is 0 Å². The number of halogens is 1. The minimum atomic E-state index is -0.752. The maximum atomic E-state index is 13.7. The minimum absolute atomic E-state index is 0.0481. The molecular formula is C24H22FNO3. The molecule has 1 amide bonds. The van der Waals surface area contributed by atoms with Crippen molar-refractivity contribution in [3.05, 3.63) is 101 Å². The van der Waals surface area contributed by atoms with Gasteiger partial charge >= 0.3 is 0 Å². The van der Waals surface area contributed by atoms with Crippen molar-refractivity contribution in [3.8, 4) is 5.75 Å². The summed E-state index contributed by atoms with van der Waals surface area (Å²) >= 11 is 0. The van der Waals surface area contributed by atoms with Gasteiger partial charge in [-0.1, -0.05) is 48.5 Å². The predicted molar refractivity (Wildman–Crippen MR) is 110 cm³/mol. The summed E-state index contributed by atoms with van der Waals surface area (Å²) in [5.41, 5.74) is 1.84. The first-order valence-corrected chi connectivity index (χ1v) is 9.32. The zero-order chi connectivity index (χ0) is 20.6. The predicted octanol–water partition coefficient (Wildman–Crippen LogP) is 3.99. The van der Waals surface area contributed by atoms with E-state index >= 15 is 0 Å². The first-order chi connectivity index (χ1) is 14.1. The molecule has 0 saturated heterocycles. The Hall–Kier alpha value is -3.47. The molecule has 1 atom stereocenters. The van der Waals surface area contributed by atoms with Crippen LogP contribution in [0.2, 0.25) is 0 Å². The van der Waals surface area contributed by atoms with Crippen LogP contribution >= 0.6 is 0 Å². The summed E-state index contributed by atoms with van der Waals surface area (Å²) in [5, 5.41) is 2.83. The molecule has 5 heteroatoms. The molecule has 0 heterocycles. The molecule has 3 aromatic rings. The Balaban J connectivity index is 1.83. The first-order valence-electron chi connectivity index (χ1n) is 9.32. The summed E-state index contributed by atoms with van der Waals surface area (Å²) in [7, 11) is 1.47. The number of benzene rings is 3. The largest absolute Gasteiger partial charge is 0.496 e. The summed E-state index contributed by atoms with van der Waals surface area (Å²) in [5.74, 6) is -0.553. The number of Topliss-reactive ketones (excluding diaryl/α,β-unsaturated/α-hetero) is 1. The van der Waals surface area contributed by atoms with Crippen molar-refractivity contribution in [1.82, 2.24) is 5.32 Å². The molecule has 0 aliphatic carbocycles. The van der Waals surface area contributed by atoms with Gasteiger partial charge in [0.1, 0.15) is 11.6 Å². The average Bonchev–Trinajstić information content (AvgIpc) is 2.74. The van der Waals surface area contributed by atoms with E-state index < -0.39 is 11.9 Å². The van der Waals surface area contributed by atoms with Gasteiger partial charge in [-0.2, -0.15) is 0 Å². The second-order valence-electron chi connectivity index (χ2n) is 6.68. The van der Waals surface area contributed by atoms with Crippen molar-refractivity contribution in [2.75, 3.05) is 7.11 Å². The molecule has 0 bridgehead atoms. The third kappa shape index (κ3) is 5.51. The lowest BCUT2D eigenvalue weighted by Crippen LogP contribution is -2.43. The van der Waals surface area contributed by atoms with Crippen LogP contribution in [0.15, 0.2) is 78.9 Å². The van der Waals surface area contributed by atoms with Crippen LogP contribution in [0.4, 0.5) is 4.39 Å². The number of nitrogens with one attached hydrogen (secondary N) is 1. The van der Waals surface area contributed by atoms with Crippen LogP contribution in [0, 0.1) is 5.82 Å². The number of hydrogen-bond acceptors (Lipinski definition) is 3. The Bertz CT molecular complexity index is 974. The van der Waals surface area contributed by atoms with Crippen molar-refractivity contribution in [1.29, 1.82) is 0 Å². The Morgan fingerprint density at radius 3 is 2.28 bits per heavy atom. The van der Waals surface area contributed by atoms with Crippen molar-refractivity contribution in [2.24, 2.45) is 0 Å². The highest BCUT2D eigenvalue weighted by atomic mass is 19.1. The fourth-order valence-corrected chi connectivity index (χ4v) is 3.12. The lowest BCUT2D eigenvalue weighted by molar-refractivity contribution is -0.120. The Morgan fingerprint density at radius 2 is 1.62 bits per heavy atom. The summed E-state index contributed by atoms with van der Waals surface area (Å²) in [4.78, 5) is 25.7. The van der Waals surface area contributed by atoms with Crippen LogP contribution in [-0.2, 0) is 17.6 Å². The molecule has 0 spiro atoms. The van der Waals surface area contributed by atoms with Crippen molar-refractivity contribution in [3.63, 3.8) is 0 Å². The number of ketones is 1. The van der Waals surface area contributed by atoms with Gasteiger partial charge in [-0.3, -0.25) is 9.59 Å². The molecular weight excluding hydrogens is 369 g/mol. The van der Waals surface area contributed by atoms with Gasteiger partial charge in [-0.15, -0.1) is 0 Å². The van der Waals surface area contributed by atoms with Crippen LogP contribution in [0.5, 0.6) is 5.75 Å². The van der Waals surface area contributed by atoms with E-state index in [0.717, 1.165) is 5.56 Å². The second kappa shape index (κ2) is 9.64. The topological polar surface area (TPSA) is 55.4 Å². The zero-order valence-electron chi connectivity index (χ0n) is 16.1. The number of hydrogen-bond donors (Lipinski definition) is 1. The van der Waals surface area contributed by atoms with Gasteiger partial charge in [0, 0.05) is 17.5 Å². The Morgan fingerprint density at radius 1 is 0.966 bits per heavy atom. The number of amides is 1. The van der Waals surface area contributed by atoms with Gasteiger partial charge in [0.25, 0.3) is 5.91 Å². The highest BCUT2D eigenvalue weighted by molar-refractivity contribution is 5.98. The van der Waals surface area contributed by atoms with E-state index in [2.05, 4.69) is 5.32 Å². The van der Waals surface area contributed by atoms with Crippen LogP contribution in [-0.4, -0.2) is 24.8 Å². The van der Waals surface area contributed by atoms with Gasteiger partial charge in [0.05, 0.1) is 13.2 Å². The highest BCUT2D eigenvalue weighted by Gasteiger charge is 2.23. The molecule has 3 aromatic carbocycles. The lowest BCUT2D eigenvalue weighted by Gasteiger charge is -2.19. The quantitative estimate of drug-likeness (QED) is 0.632. The molecule has 1 N–H and O–H groups in total.